The van der Waals surface area contributed by atoms with E-state index in [-0.39, 0.29) is 5.75 Å². The molecule has 2 aromatic rings. The van der Waals surface area contributed by atoms with Crippen LogP contribution in [0.1, 0.15) is 18.9 Å². The van der Waals surface area contributed by atoms with Gasteiger partial charge in [0.15, 0.2) is 5.82 Å². The molecular formula is C15H16BFO3. The Morgan fingerprint density at radius 2 is 1.70 bits per heavy atom. The Bertz CT molecular complexity index is 570. The fraction of sp³-hybridized carbons (Fsp3) is 0.200. The van der Waals surface area contributed by atoms with Gasteiger partial charge >= 0.3 is 7.32 Å². The van der Waals surface area contributed by atoms with Crippen LogP contribution in [0.25, 0.3) is 11.1 Å². The number of hydrogen-bond donors (Lipinski definition) is 2. The van der Waals surface area contributed by atoms with Crippen molar-refractivity contribution in [2.45, 2.75) is 19.8 Å². The van der Waals surface area contributed by atoms with Crippen LogP contribution in [0.3, 0.4) is 0 Å². The third kappa shape index (κ3) is 3.59. The molecule has 0 fully saturated rings. The number of hydrogen-bond acceptors (Lipinski definition) is 3. The van der Waals surface area contributed by atoms with Crippen LogP contribution in [0.2, 0.25) is 0 Å². The van der Waals surface area contributed by atoms with Crippen LogP contribution in [0.15, 0.2) is 42.5 Å². The lowest BCUT2D eigenvalue weighted by molar-refractivity contribution is 0.282. The highest BCUT2D eigenvalue weighted by Gasteiger charge is 2.15. The highest BCUT2D eigenvalue weighted by atomic mass is 19.1. The van der Waals surface area contributed by atoms with Gasteiger partial charge in [0, 0.05) is 0 Å². The predicted octanol–water partition coefficient (Wildman–Crippen LogP) is 2.79. The Hall–Kier alpha value is -1.85. The molecule has 0 saturated heterocycles. The van der Waals surface area contributed by atoms with Crippen LogP contribution < -0.4 is 4.65 Å². The van der Waals surface area contributed by atoms with Gasteiger partial charge in [-0.15, -0.1) is 0 Å². The predicted molar refractivity (Wildman–Crippen MR) is 76.7 cm³/mol. The van der Waals surface area contributed by atoms with Gasteiger partial charge in [0.25, 0.3) is 0 Å². The zero-order valence-corrected chi connectivity index (χ0v) is 11.2. The van der Waals surface area contributed by atoms with Crippen LogP contribution in [-0.2, 0) is 6.42 Å². The summed E-state index contributed by atoms with van der Waals surface area (Å²) < 4.78 is 18.3. The lowest BCUT2D eigenvalue weighted by Crippen LogP contribution is -2.21. The van der Waals surface area contributed by atoms with Gasteiger partial charge in [-0.2, -0.15) is 0 Å². The molecule has 0 bridgehead atoms. The Labute approximate surface area is 117 Å². The van der Waals surface area contributed by atoms with Gasteiger partial charge in [0.2, 0.25) is 0 Å². The molecule has 3 nitrogen and oxygen atoms in total. The Kier molecular flexibility index (Phi) is 4.77. The summed E-state index contributed by atoms with van der Waals surface area (Å²) >= 11 is 0. The van der Waals surface area contributed by atoms with Crippen molar-refractivity contribution in [1.82, 2.24) is 0 Å². The number of aryl methyl sites for hydroxylation is 1. The molecular weight excluding hydrogens is 258 g/mol. The Morgan fingerprint density at radius 1 is 1.05 bits per heavy atom. The molecule has 0 aromatic heterocycles. The maximum absolute atomic E-state index is 13.7. The van der Waals surface area contributed by atoms with Gasteiger partial charge < -0.3 is 14.7 Å². The smallest absolute Gasteiger partial charge is 0.510 e. The summed E-state index contributed by atoms with van der Waals surface area (Å²) in [6.45, 7) is 2.12. The van der Waals surface area contributed by atoms with Crippen molar-refractivity contribution < 1.29 is 19.1 Å². The van der Waals surface area contributed by atoms with Gasteiger partial charge in [-0.1, -0.05) is 43.7 Å². The van der Waals surface area contributed by atoms with Crippen molar-refractivity contribution in [3.8, 4) is 16.9 Å². The maximum Gasteiger partial charge on any atom is 0.707 e. The average molecular weight is 274 g/mol. The molecule has 0 aliphatic rings. The molecule has 0 amide bonds. The molecule has 20 heavy (non-hydrogen) atoms. The van der Waals surface area contributed by atoms with E-state index < -0.39 is 13.1 Å². The fourth-order valence-corrected chi connectivity index (χ4v) is 2.04. The third-order valence-electron chi connectivity index (χ3n) is 2.99. The van der Waals surface area contributed by atoms with Gasteiger partial charge in [-0.25, -0.2) is 4.39 Å². The monoisotopic (exact) mass is 274 g/mol. The third-order valence-corrected chi connectivity index (χ3v) is 2.99. The van der Waals surface area contributed by atoms with E-state index in [0.717, 1.165) is 18.4 Å². The molecule has 2 N–H and O–H groups in total. The molecule has 0 radical (unpaired) electrons. The normalized spacial score (nSPS) is 10.4. The van der Waals surface area contributed by atoms with E-state index >= 15 is 0 Å². The van der Waals surface area contributed by atoms with E-state index in [0.29, 0.717) is 5.56 Å². The minimum Gasteiger partial charge on any atom is -0.510 e. The second-order valence-corrected chi connectivity index (χ2v) is 4.54. The van der Waals surface area contributed by atoms with Gasteiger partial charge in [0.05, 0.1) is 0 Å². The Morgan fingerprint density at radius 3 is 2.25 bits per heavy atom. The van der Waals surface area contributed by atoms with Crippen LogP contribution in [0, 0.1) is 5.82 Å². The van der Waals surface area contributed by atoms with Gasteiger partial charge in [-0.05, 0) is 35.2 Å². The molecule has 104 valence electrons. The molecule has 0 atom stereocenters. The van der Waals surface area contributed by atoms with E-state index in [2.05, 4.69) is 11.6 Å². The van der Waals surface area contributed by atoms with E-state index in [1.54, 1.807) is 6.07 Å². The Balaban J connectivity index is 2.22. The minimum atomic E-state index is -2.02. The molecule has 5 heteroatoms. The van der Waals surface area contributed by atoms with Crippen LogP contribution in [-0.4, -0.2) is 17.4 Å². The second-order valence-electron chi connectivity index (χ2n) is 4.54. The molecule has 2 aromatic carbocycles. The number of benzene rings is 2. The first-order chi connectivity index (χ1) is 9.60. The van der Waals surface area contributed by atoms with Crippen molar-refractivity contribution in [2.75, 3.05) is 0 Å². The lowest BCUT2D eigenvalue weighted by atomic mass is 10.0. The SMILES string of the molecule is CCCc1ccc(-c2ccc(OB(O)O)c(F)c2)cc1. The largest absolute Gasteiger partial charge is 0.707 e. The molecule has 0 aliphatic carbocycles. The summed E-state index contributed by atoms with van der Waals surface area (Å²) in [4.78, 5) is 0. The quantitative estimate of drug-likeness (QED) is 0.824. The topological polar surface area (TPSA) is 49.7 Å². The summed E-state index contributed by atoms with van der Waals surface area (Å²) in [7, 11) is -2.02. The molecule has 0 saturated carbocycles. The van der Waals surface area contributed by atoms with E-state index in [4.69, 9.17) is 10.0 Å². The zero-order valence-electron chi connectivity index (χ0n) is 11.2. The summed E-state index contributed by atoms with van der Waals surface area (Å²) in [5.41, 5.74) is 2.87. The molecule has 0 unspecified atom stereocenters. The summed E-state index contributed by atoms with van der Waals surface area (Å²) in [6.07, 6.45) is 2.11. The summed E-state index contributed by atoms with van der Waals surface area (Å²) in [5, 5.41) is 17.3. The van der Waals surface area contributed by atoms with E-state index in [1.165, 1.54) is 17.7 Å². The first-order valence-electron chi connectivity index (χ1n) is 6.52. The van der Waals surface area contributed by atoms with Gasteiger partial charge in [-0.3, -0.25) is 0 Å². The van der Waals surface area contributed by atoms with Crippen LogP contribution in [0.4, 0.5) is 4.39 Å². The lowest BCUT2D eigenvalue weighted by Gasteiger charge is -2.08. The first kappa shape index (κ1) is 14.6. The standard InChI is InChI=1S/C15H16BFO3/c1-2-3-11-4-6-12(7-5-11)13-8-9-15(14(17)10-13)20-16(18)19/h4-10,18-19H,2-3H2,1H3. The zero-order chi connectivity index (χ0) is 14.5. The van der Waals surface area contributed by atoms with Crippen molar-refractivity contribution in [3.63, 3.8) is 0 Å². The minimum absolute atomic E-state index is 0.189. The maximum atomic E-state index is 13.7. The van der Waals surface area contributed by atoms with E-state index in [1.807, 2.05) is 24.3 Å². The van der Waals surface area contributed by atoms with Crippen molar-refractivity contribution in [2.24, 2.45) is 0 Å². The van der Waals surface area contributed by atoms with Crippen molar-refractivity contribution in [1.29, 1.82) is 0 Å². The average Bonchev–Trinajstić information content (AvgIpc) is 2.42. The van der Waals surface area contributed by atoms with Crippen LogP contribution >= 0.6 is 0 Å². The summed E-state index contributed by atoms with van der Waals surface area (Å²) in [6, 6.07) is 12.3. The first-order valence-corrected chi connectivity index (χ1v) is 6.52. The second kappa shape index (κ2) is 6.54. The molecule has 0 spiro atoms. The molecule has 2 rings (SSSR count). The van der Waals surface area contributed by atoms with Crippen molar-refractivity contribution in [3.05, 3.63) is 53.8 Å². The molecule has 0 aliphatic heterocycles. The number of rotatable bonds is 5. The van der Waals surface area contributed by atoms with Crippen molar-refractivity contribution >= 4 is 7.32 Å². The fourth-order valence-electron chi connectivity index (χ4n) is 2.04. The van der Waals surface area contributed by atoms with Gasteiger partial charge in [0.1, 0.15) is 5.75 Å². The highest BCUT2D eigenvalue weighted by Crippen LogP contribution is 2.26. The molecule has 0 heterocycles. The summed E-state index contributed by atoms with van der Waals surface area (Å²) in [5.74, 6) is -0.820. The highest BCUT2D eigenvalue weighted by molar-refractivity contribution is 6.33. The number of halogens is 1. The van der Waals surface area contributed by atoms with E-state index in [9.17, 15) is 4.39 Å². The van der Waals surface area contributed by atoms with Crippen LogP contribution in [0.5, 0.6) is 5.75 Å².